The van der Waals surface area contributed by atoms with E-state index in [0.29, 0.717) is 11.5 Å². The van der Waals surface area contributed by atoms with E-state index in [1.54, 1.807) is 0 Å². The van der Waals surface area contributed by atoms with Crippen molar-refractivity contribution in [1.82, 2.24) is 14.5 Å². The first kappa shape index (κ1) is 34.1. The molecule has 0 atom stereocenters. The summed E-state index contributed by atoms with van der Waals surface area (Å²) in [4.78, 5) is 10.9. The highest BCUT2D eigenvalue weighted by Crippen LogP contribution is 2.45. The summed E-state index contributed by atoms with van der Waals surface area (Å²) >= 11 is 0. The summed E-state index contributed by atoms with van der Waals surface area (Å²) in [5.41, 5.74) is 8.35. The minimum Gasteiger partial charge on any atom is -0.455 e. The Morgan fingerprint density at radius 1 is 0.407 bits per heavy atom. The van der Waals surface area contributed by atoms with E-state index in [4.69, 9.17) is 53.6 Å². The van der Waals surface area contributed by atoms with Gasteiger partial charge in [0.1, 0.15) is 50.4 Å². The molecule has 0 unspecified atom stereocenters. The topological polar surface area (TPSA) is 43.9 Å². The van der Waals surface area contributed by atoms with Crippen LogP contribution in [0.2, 0.25) is 0 Å². The third-order valence-electron chi connectivity index (χ3n) is 12.1. The second kappa shape index (κ2) is 12.5. The molecule has 3 heterocycles. The summed E-state index contributed by atoms with van der Waals surface area (Å²) in [7, 11) is 31.9. The quantitative estimate of drug-likeness (QED) is 0.141. The van der Waals surface area contributed by atoms with Gasteiger partial charge in [0.15, 0.2) is 0 Å². The summed E-state index contributed by atoms with van der Waals surface area (Å²) in [6.45, 7) is 0. The van der Waals surface area contributed by atoms with Gasteiger partial charge in [-0.2, -0.15) is 0 Å². The molecule has 9 heteroatoms. The zero-order valence-electron chi connectivity index (χ0n) is 31.5. The number of para-hydroxylation sites is 1. The third-order valence-corrected chi connectivity index (χ3v) is 12.1. The van der Waals surface area contributed by atoms with Crippen molar-refractivity contribution >= 4 is 154 Å². The lowest BCUT2D eigenvalue weighted by molar-refractivity contribution is 0.677. The van der Waals surface area contributed by atoms with Crippen molar-refractivity contribution in [2.75, 3.05) is 0 Å². The Labute approximate surface area is 344 Å². The minimum atomic E-state index is 0.172. The molecule has 12 rings (SSSR count). The summed E-state index contributed by atoms with van der Waals surface area (Å²) in [5.74, 6) is 0.520. The highest BCUT2D eigenvalue weighted by Gasteiger charge is 2.24. The number of rotatable bonds is 3. The molecule has 0 spiro atoms. The zero-order chi connectivity index (χ0) is 39.7. The summed E-state index contributed by atoms with van der Waals surface area (Å²) in [6.07, 6.45) is 0. The molecule has 4 nitrogen and oxygen atoms in total. The Morgan fingerprint density at radius 2 is 1.00 bits per heavy atom. The SMILES string of the molecule is [B]c1c([B])c([B])c(-c2cccc(-c3nc(-n4c5ccccc5c5c6oc7c8ccccc8c8ccccc8c7c6ccc54)nc4c3ccc3ccccc34)c2)c([B])c1[B]. The largest absolute Gasteiger partial charge is 0.455 e. The van der Waals surface area contributed by atoms with E-state index in [2.05, 4.69) is 108 Å². The predicted octanol–water partition coefficient (Wildman–Crippen LogP) is 7.39. The van der Waals surface area contributed by atoms with Crippen molar-refractivity contribution in [3.8, 4) is 28.3 Å². The van der Waals surface area contributed by atoms with Gasteiger partial charge < -0.3 is 4.42 Å². The number of hydrogen-bond acceptors (Lipinski definition) is 3. The lowest BCUT2D eigenvalue weighted by atomic mass is 9.59. The van der Waals surface area contributed by atoms with Crippen LogP contribution in [0.15, 0.2) is 150 Å². The van der Waals surface area contributed by atoms with Crippen molar-refractivity contribution < 1.29 is 4.42 Å². The van der Waals surface area contributed by atoms with Gasteiger partial charge in [-0.25, -0.2) is 9.97 Å². The highest BCUT2D eigenvalue weighted by molar-refractivity contribution is 6.68. The number of fused-ring (bicyclic) bond motifs is 15. The Morgan fingerprint density at radius 3 is 1.78 bits per heavy atom. The Kier molecular flexibility index (Phi) is 7.23. The molecule has 0 bridgehead atoms. The number of aromatic nitrogens is 3. The van der Waals surface area contributed by atoms with Crippen LogP contribution in [-0.2, 0) is 0 Å². The van der Waals surface area contributed by atoms with Crippen LogP contribution in [0.5, 0.6) is 0 Å². The fourth-order valence-electron chi connectivity index (χ4n) is 9.29. The summed E-state index contributed by atoms with van der Waals surface area (Å²) in [5, 5.41) is 11.8. The zero-order valence-corrected chi connectivity index (χ0v) is 31.5. The van der Waals surface area contributed by atoms with E-state index >= 15 is 0 Å². The monoisotopic (exact) mass is 737 g/mol. The molecule has 3 aromatic heterocycles. The van der Waals surface area contributed by atoms with Crippen LogP contribution in [0.4, 0.5) is 0 Å². The molecule has 0 fully saturated rings. The fraction of sp³-hybridized carbons (Fsp3) is 0. The average Bonchev–Trinajstić information content (AvgIpc) is 3.84. The lowest BCUT2D eigenvalue weighted by Crippen LogP contribution is -2.55. The van der Waals surface area contributed by atoms with E-state index in [1.165, 1.54) is 5.39 Å². The molecule has 12 aromatic rings. The van der Waals surface area contributed by atoms with E-state index in [0.717, 1.165) is 98.4 Å². The number of furan rings is 1. The summed E-state index contributed by atoms with van der Waals surface area (Å²) < 4.78 is 9.22. The van der Waals surface area contributed by atoms with Gasteiger partial charge in [0.25, 0.3) is 0 Å². The molecule has 0 saturated heterocycles. The van der Waals surface area contributed by atoms with E-state index in [9.17, 15) is 0 Å². The first-order valence-electron chi connectivity index (χ1n) is 19.4. The van der Waals surface area contributed by atoms with Crippen LogP contribution in [0.1, 0.15) is 0 Å². The van der Waals surface area contributed by atoms with Gasteiger partial charge in [-0.1, -0.05) is 126 Å². The molecule has 10 radical (unpaired) electrons. The molecule has 0 aliphatic heterocycles. The van der Waals surface area contributed by atoms with Gasteiger partial charge >= 0.3 is 0 Å². The van der Waals surface area contributed by atoms with Crippen LogP contribution in [0.3, 0.4) is 0 Å². The maximum Gasteiger partial charge on any atom is 0.235 e. The molecule has 0 aliphatic rings. The fourth-order valence-corrected chi connectivity index (χ4v) is 9.29. The molecule has 0 amide bonds. The Balaban J connectivity index is 1.18. The minimum absolute atomic E-state index is 0.172. The van der Waals surface area contributed by atoms with Crippen LogP contribution >= 0.6 is 0 Å². The smallest absolute Gasteiger partial charge is 0.235 e. The normalized spacial score (nSPS) is 12.1. The predicted molar refractivity (Wildman–Crippen MR) is 251 cm³/mol. The van der Waals surface area contributed by atoms with Gasteiger partial charge in [-0.15, -0.1) is 16.4 Å². The van der Waals surface area contributed by atoms with Crippen LogP contribution in [0.25, 0.3) is 115 Å². The Hall–Kier alpha value is -6.98. The van der Waals surface area contributed by atoms with E-state index in [-0.39, 0.29) is 27.3 Å². The van der Waals surface area contributed by atoms with Gasteiger partial charge in [-0.3, -0.25) is 4.57 Å². The van der Waals surface area contributed by atoms with Crippen molar-refractivity contribution in [3.63, 3.8) is 0 Å². The molecule has 260 valence electrons. The molecular weight excluding hydrogens is 713 g/mol. The van der Waals surface area contributed by atoms with Gasteiger partial charge in [0, 0.05) is 37.9 Å². The van der Waals surface area contributed by atoms with Crippen molar-refractivity contribution in [1.29, 1.82) is 0 Å². The molecule has 0 N–H and O–H groups in total. The summed E-state index contributed by atoms with van der Waals surface area (Å²) in [6, 6.07) is 50.2. The van der Waals surface area contributed by atoms with Crippen molar-refractivity contribution in [3.05, 3.63) is 146 Å². The van der Waals surface area contributed by atoms with Gasteiger partial charge in [0.2, 0.25) is 5.95 Å². The maximum atomic E-state index is 7.06. The average molecular weight is 737 g/mol. The Bertz CT molecular complexity index is 3780. The van der Waals surface area contributed by atoms with Crippen LogP contribution in [-0.4, -0.2) is 53.8 Å². The van der Waals surface area contributed by atoms with E-state index < -0.39 is 0 Å². The lowest BCUT2D eigenvalue weighted by Gasteiger charge is -2.21. The standard InChI is InChI=1S/C50H24B5N3O/c51-41-38(42(52)44(54)45(55)43(41)53)26-11-9-12-27(24-26)46-35-21-20-25-10-1-2-13-28(25)47(35)57-50(56-46)58-36-19-8-7-18-33(36)40-37(58)23-22-34-39-31-16-5-3-14-29(31)30-15-4-6-17-32(30)48(39)59-49(34)40/h1-24H. The van der Waals surface area contributed by atoms with E-state index in [1.807, 2.05) is 42.5 Å². The molecule has 0 aliphatic carbocycles. The second-order valence-corrected chi connectivity index (χ2v) is 15.2. The molecular formula is C50H24B5N3O. The highest BCUT2D eigenvalue weighted by atomic mass is 16.3. The van der Waals surface area contributed by atoms with Crippen LogP contribution in [0, 0.1) is 0 Å². The first-order chi connectivity index (χ1) is 28.9. The molecule has 9 aromatic carbocycles. The molecule has 0 saturated carbocycles. The third kappa shape index (κ3) is 4.73. The number of benzene rings is 9. The second-order valence-electron chi connectivity index (χ2n) is 15.2. The van der Waals surface area contributed by atoms with Gasteiger partial charge in [-0.05, 0) is 63.0 Å². The van der Waals surface area contributed by atoms with Crippen molar-refractivity contribution in [2.24, 2.45) is 0 Å². The van der Waals surface area contributed by atoms with Crippen LogP contribution < -0.4 is 27.3 Å². The van der Waals surface area contributed by atoms with Gasteiger partial charge in [0.05, 0.1) is 27.6 Å². The van der Waals surface area contributed by atoms with Crippen molar-refractivity contribution in [2.45, 2.75) is 0 Å². The molecule has 59 heavy (non-hydrogen) atoms. The number of hydrogen-bond donors (Lipinski definition) is 0. The first-order valence-corrected chi connectivity index (χ1v) is 19.4. The maximum absolute atomic E-state index is 7.06. The number of nitrogens with zero attached hydrogens (tertiary/aromatic N) is 3.